The van der Waals surface area contributed by atoms with Gasteiger partial charge in [0.05, 0.1) is 10.5 Å². The molecule has 7 nitrogen and oxygen atoms in total. The van der Waals surface area contributed by atoms with Gasteiger partial charge in [-0.25, -0.2) is 8.42 Å². The Hall–Kier alpha value is -0.580. The highest BCUT2D eigenvalue weighted by Crippen LogP contribution is 2.23. The van der Waals surface area contributed by atoms with Crippen LogP contribution in [0.2, 0.25) is 0 Å². The molecule has 0 aliphatic carbocycles. The lowest BCUT2D eigenvalue weighted by Crippen LogP contribution is -2.57. The van der Waals surface area contributed by atoms with Crippen LogP contribution in [0.3, 0.4) is 0 Å². The third-order valence-corrected chi connectivity index (χ3v) is 7.87. The van der Waals surface area contributed by atoms with Crippen molar-refractivity contribution >= 4 is 45.7 Å². The van der Waals surface area contributed by atoms with E-state index in [4.69, 9.17) is 0 Å². The van der Waals surface area contributed by atoms with Crippen molar-refractivity contribution < 1.29 is 13.2 Å². The minimum Gasteiger partial charge on any atom is -0.356 e. The van der Waals surface area contributed by atoms with E-state index in [9.17, 15) is 13.2 Å². The average molecular weight is 500 g/mol. The van der Waals surface area contributed by atoms with E-state index in [2.05, 4.69) is 17.2 Å². The molecule has 0 aromatic rings. The minimum absolute atomic E-state index is 0. The van der Waals surface area contributed by atoms with Crippen LogP contribution in [0.1, 0.15) is 46.5 Å². The van der Waals surface area contributed by atoms with Gasteiger partial charge in [0.2, 0.25) is 5.91 Å². The monoisotopic (exact) mass is 500 g/mol. The van der Waals surface area contributed by atoms with Crippen molar-refractivity contribution in [3.05, 3.63) is 0 Å². The fourth-order valence-corrected chi connectivity index (χ4v) is 5.01. The first-order chi connectivity index (χ1) is 11.7. The molecule has 0 radical (unpaired) electrons. The first-order valence-electron chi connectivity index (χ1n) is 9.19. The highest BCUT2D eigenvalue weighted by atomic mass is 127. The van der Waals surface area contributed by atoms with Crippen molar-refractivity contribution in [1.29, 1.82) is 0 Å². The van der Waals surface area contributed by atoms with Gasteiger partial charge in [0.25, 0.3) is 0 Å². The number of rotatable bonds is 5. The summed E-state index contributed by atoms with van der Waals surface area (Å²) in [6.45, 7) is 8.15. The van der Waals surface area contributed by atoms with Gasteiger partial charge in [-0.1, -0.05) is 6.92 Å². The maximum Gasteiger partial charge on any atom is 0.222 e. The number of hydrogen-bond donors (Lipinski definition) is 1. The van der Waals surface area contributed by atoms with E-state index in [-0.39, 0.29) is 41.7 Å². The van der Waals surface area contributed by atoms with Crippen LogP contribution >= 0.6 is 24.0 Å². The molecule has 0 saturated carbocycles. The summed E-state index contributed by atoms with van der Waals surface area (Å²) in [6.07, 6.45) is 3.45. The molecule has 2 heterocycles. The summed E-state index contributed by atoms with van der Waals surface area (Å²) in [5, 5.41) is 3.35. The third kappa shape index (κ3) is 5.24. The van der Waals surface area contributed by atoms with Crippen molar-refractivity contribution in [3.63, 3.8) is 0 Å². The van der Waals surface area contributed by atoms with E-state index < -0.39 is 14.6 Å². The Kier molecular flexibility index (Phi) is 8.63. The van der Waals surface area contributed by atoms with Gasteiger partial charge in [-0.05, 0) is 33.1 Å². The molecule has 1 atom stereocenters. The first-order valence-corrected chi connectivity index (χ1v) is 10.8. The summed E-state index contributed by atoms with van der Waals surface area (Å²) in [5.41, 5.74) is 0. The van der Waals surface area contributed by atoms with Gasteiger partial charge >= 0.3 is 0 Å². The molecule has 0 bridgehead atoms. The third-order valence-electron chi connectivity index (χ3n) is 5.34. The van der Waals surface area contributed by atoms with E-state index in [1.807, 2.05) is 9.80 Å². The van der Waals surface area contributed by atoms with Gasteiger partial charge < -0.3 is 15.1 Å². The number of likely N-dealkylation sites (tertiary alicyclic amines) is 1. The molecule has 1 N–H and O–H groups in total. The van der Waals surface area contributed by atoms with Gasteiger partial charge in [-0.3, -0.25) is 9.79 Å². The van der Waals surface area contributed by atoms with Crippen LogP contribution in [0.25, 0.3) is 0 Å². The number of amides is 1. The molecule has 2 aliphatic heterocycles. The van der Waals surface area contributed by atoms with Crippen LogP contribution in [0, 0.1) is 0 Å². The van der Waals surface area contributed by atoms with Gasteiger partial charge in [-0.15, -0.1) is 24.0 Å². The molecular formula is C17H33IN4O3S. The Morgan fingerprint density at radius 3 is 2.54 bits per heavy atom. The number of carbonyl (C=O) groups excluding carboxylic acids is 1. The number of halogens is 1. The van der Waals surface area contributed by atoms with Crippen LogP contribution in [-0.4, -0.2) is 79.9 Å². The largest absolute Gasteiger partial charge is 0.356 e. The number of hydrogen-bond acceptors (Lipinski definition) is 4. The molecule has 2 rings (SSSR count). The van der Waals surface area contributed by atoms with Crippen molar-refractivity contribution in [2.24, 2.45) is 4.99 Å². The zero-order valence-electron chi connectivity index (χ0n) is 16.3. The lowest BCUT2D eigenvalue weighted by molar-refractivity contribution is -0.129. The summed E-state index contributed by atoms with van der Waals surface area (Å²) in [6, 6.07) is 0.263. The Bertz CT molecular complexity index is 621. The average Bonchev–Trinajstić information content (AvgIpc) is 2.97. The maximum absolute atomic E-state index is 12.2. The van der Waals surface area contributed by atoms with Gasteiger partial charge in [0, 0.05) is 45.7 Å². The highest BCUT2D eigenvalue weighted by Gasteiger charge is 2.41. The Morgan fingerprint density at radius 2 is 2.04 bits per heavy atom. The molecule has 2 fully saturated rings. The molecule has 2 saturated heterocycles. The van der Waals surface area contributed by atoms with Crippen molar-refractivity contribution in [3.8, 4) is 0 Å². The fraction of sp³-hybridized carbons (Fsp3) is 0.882. The standard InChI is InChI=1S/C17H32N4O3S.HI/c1-5-14(21-10-6-7-15(21)22)8-9-19-16(18-4)20-11-12-25(23,24)17(2,3)13-20;/h14H,5-13H2,1-4H3,(H,18,19);1H. The Balaban J connectivity index is 0.00000338. The summed E-state index contributed by atoms with van der Waals surface area (Å²) in [5.74, 6) is 1.16. The van der Waals surface area contributed by atoms with E-state index in [0.29, 0.717) is 19.5 Å². The topological polar surface area (TPSA) is 82.1 Å². The van der Waals surface area contributed by atoms with Crippen LogP contribution in [0.15, 0.2) is 4.99 Å². The number of sulfone groups is 1. The number of aliphatic imine (C=N–C) groups is 1. The second kappa shape index (κ2) is 9.57. The van der Waals surface area contributed by atoms with E-state index in [0.717, 1.165) is 38.3 Å². The molecule has 1 unspecified atom stereocenters. The summed E-state index contributed by atoms with van der Waals surface area (Å²) in [7, 11) is -1.34. The molecule has 0 aromatic carbocycles. The second-order valence-corrected chi connectivity index (χ2v) is 10.3. The molecule has 1 amide bonds. The molecule has 0 aromatic heterocycles. The molecular weight excluding hydrogens is 467 g/mol. The predicted octanol–water partition coefficient (Wildman–Crippen LogP) is 1.48. The van der Waals surface area contributed by atoms with Gasteiger partial charge in [0.1, 0.15) is 0 Å². The van der Waals surface area contributed by atoms with Crippen LogP contribution in [0.4, 0.5) is 0 Å². The number of carbonyl (C=O) groups is 1. The number of nitrogens with zero attached hydrogens (tertiary/aromatic N) is 3. The summed E-state index contributed by atoms with van der Waals surface area (Å²) < 4.78 is 23.5. The number of guanidine groups is 1. The smallest absolute Gasteiger partial charge is 0.222 e. The van der Waals surface area contributed by atoms with E-state index >= 15 is 0 Å². The number of nitrogens with one attached hydrogen (secondary N) is 1. The second-order valence-electron chi connectivity index (χ2n) is 7.52. The molecule has 26 heavy (non-hydrogen) atoms. The van der Waals surface area contributed by atoms with Gasteiger partial charge in [0.15, 0.2) is 15.8 Å². The van der Waals surface area contributed by atoms with E-state index in [1.54, 1.807) is 20.9 Å². The maximum atomic E-state index is 12.2. The minimum atomic E-state index is -3.06. The zero-order valence-corrected chi connectivity index (χ0v) is 19.5. The lowest BCUT2D eigenvalue weighted by atomic mass is 10.1. The van der Waals surface area contributed by atoms with Crippen molar-refractivity contribution in [1.82, 2.24) is 15.1 Å². The molecule has 0 spiro atoms. The zero-order chi connectivity index (χ0) is 18.7. The highest BCUT2D eigenvalue weighted by molar-refractivity contribution is 14.0. The fourth-order valence-electron chi connectivity index (χ4n) is 3.64. The SMILES string of the molecule is CCC(CCNC(=NC)N1CCS(=O)(=O)C(C)(C)C1)N1CCCC1=O.I. The molecule has 2 aliphatic rings. The first kappa shape index (κ1) is 23.5. The predicted molar refractivity (Wildman–Crippen MR) is 116 cm³/mol. The van der Waals surface area contributed by atoms with Gasteiger partial charge in [-0.2, -0.15) is 0 Å². The lowest BCUT2D eigenvalue weighted by Gasteiger charge is -2.39. The van der Waals surface area contributed by atoms with Crippen molar-refractivity contribution in [2.75, 3.05) is 39.0 Å². The quantitative estimate of drug-likeness (QED) is 0.352. The van der Waals surface area contributed by atoms with Crippen molar-refractivity contribution in [2.45, 2.75) is 57.2 Å². The Morgan fingerprint density at radius 1 is 1.35 bits per heavy atom. The Labute approximate surface area is 174 Å². The van der Waals surface area contributed by atoms with Crippen LogP contribution in [0.5, 0.6) is 0 Å². The van der Waals surface area contributed by atoms with E-state index in [1.165, 1.54) is 0 Å². The summed E-state index contributed by atoms with van der Waals surface area (Å²) >= 11 is 0. The summed E-state index contributed by atoms with van der Waals surface area (Å²) in [4.78, 5) is 20.3. The van der Waals surface area contributed by atoms with Crippen LogP contribution < -0.4 is 5.32 Å². The molecule has 152 valence electrons. The van der Waals surface area contributed by atoms with Crippen LogP contribution in [-0.2, 0) is 14.6 Å². The molecule has 9 heteroatoms. The normalized spacial score (nSPS) is 23.5.